The van der Waals surface area contributed by atoms with E-state index in [2.05, 4.69) is 0 Å². The van der Waals surface area contributed by atoms with Crippen LogP contribution in [0.3, 0.4) is 0 Å². The number of nitrogens with zero attached hydrogens (tertiary/aromatic N) is 1. The van der Waals surface area contributed by atoms with Gasteiger partial charge in [0.2, 0.25) is 0 Å². The molecule has 2 N–H and O–H groups in total. The van der Waals surface area contributed by atoms with Gasteiger partial charge in [-0.25, -0.2) is 4.39 Å². The van der Waals surface area contributed by atoms with Crippen LogP contribution >= 0.6 is 0 Å². The highest BCUT2D eigenvalue weighted by Gasteiger charge is 2.31. The molecule has 1 fully saturated rings. The second-order valence-electron chi connectivity index (χ2n) is 4.61. The maximum Gasteiger partial charge on any atom is 0.258 e. The van der Waals surface area contributed by atoms with Crippen LogP contribution < -0.4 is 0 Å². The normalized spacial score (nSPS) is 23.4. The summed E-state index contributed by atoms with van der Waals surface area (Å²) in [7, 11) is 0. The number of phenolic OH excluding ortho intramolecular Hbond substituents is 1. The van der Waals surface area contributed by atoms with E-state index in [1.165, 1.54) is 4.90 Å². The second kappa shape index (κ2) is 5.54. The van der Waals surface area contributed by atoms with E-state index in [0.29, 0.717) is 6.61 Å². The molecule has 104 valence electrons. The van der Waals surface area contributed by atoms with Gasteiger partial charge in [-0.1, -0.05) is 0 Å². The van der Waals surface area contributed by atoms with E-state index in [1.54, 1.807) is 6.92 Å². The van der Waals surface area contributed by atoms with Crippen LogP contribution in [0.5, 0.6) is 5.75 Å². The van der Waals surface area contributed by atoms with Crippen LogP contribution in [0.25, 0.3) is 0 Å². The Morgan fingerprint density at radius 1 is 1.58 bits per heavy atom. The summed E-state index contributed by atoms with van der Waals surface area (Å²) in [5.74, 6) is -1.31. The Labute approximate surface area is 110 Å². The molecule has 0 aromatic heterocycles. The number of hydrogen-bond donors (Lipinski definition) is 2. The van der Waals surface area contributed by atoms with Crippen molar-refractivity contribution in [2.75, 3.05) is 19.8 Å². The molecule has 19 heavy (non-hydrogen) atoms. The molecule has 2 unspecified atom stereocenters. The molecule has 0 bridgehead atoms. The predicted molar refractivity (Wildman–Crippen MR) is 65.4 cm³/mol. The zero-order valence-electron chi connectivity index (χ0n) is 10.5. The maximum absolute atomic E-state index is 13.2. The predicted octanol–water partition coefficient (Wildman–Crippen LogP) is 0.753. The van der Waals surface area contributed by atoms with Gasteiger partial charge in [-0.05, 0) is 25.1 Å². The van der Waals surface area contributed by atoms with Crippen LogP contribution in [0.2, 0.25) is 0 Å². The smallest absolute Gasteiger partial charge is 0.258 e. The van der Waals surface area contributed by atoms with Crippen molar-refractivity contribution in [1.82, 2.24) is 4.90 Å². The van der Waals surface area contributed by atoms with Gasteiger partial charge in [0.25, 0.3) is 5.91 Å². The van der Waals surface area contributed by atoms with Crippen LogP contribution in [0, 0.1) is 5.82 Å². The van der Waals surface area contributed by atoms with Gasteiger partial charge in [-0.15, -0.1) is 0 Å². The average molecular weight is 269 g/mol. The highest BCUT2D eigenvalue weighted by Crippen LogP contribution is 2.22. The molecule has 1 aromatic rings. The van der Waals surface area contributed by atoms with Gasteiger partial charge in [-0.2, -0.15) is 0 Å². The monoisotopic (exact) mass is 269 g/mol. The van der Waals surface area contributed by atoms with E-state index in [1.807, 2.05) is 0 Å². The van der Waals surface area contributed by atoms with Crippen molar-refractivity contribution < 1.29 is 24.1 Å². The van der Waals surface area contributed by atoms with E-state index >= 15 is 0 Å². The Hall–Kier alpha value is -1.66. The Morgan fingerprint density at radius 2 is 2.32 bits per heavy atom. The first-order valence-electron chi connectivity index (χ1n) is 6.05. The number of phenols is 1. The van der Waals surface area contributed by atoms with Gasteiger partial charge in [-0.3, -0.25) is 4.79 Å². The quantitative estimate of drug-likeness (QED) is 0.831. The molecule has 6 heteroatoms. The van der Waals surface area contributed by atoms with Crippen LogP contribution in [0.1, 0.15) is 17.3 Å². The van der Waals surface area contributed by atoms with Crippen molar-refractivity contribution >= 4 is 5.91 Å². The molecule has 1 aromatic carbocycles. The standard InChI is InChI=1S/C13H16FNO4/c1-8-7-19-10(6-16)5-15(8)13(18)11-4-9(14)2-3-12(11)17/h2-4,8,10,16-17H,5-7H2,1H3. The van der Waals surface area contributed by atoms with Crippen molar-refractivity contribution in [1.29, 1.82) is 0 Å². The lowest BCUT2D eigenvalue weighted by molar-refractivity contribution is -0.0668. The molecule has 2 atom stereocenters. The van der Waals surface area contributed by atoms with Crippen molar-refractivity contribution in [2.45, 2.75) is 19.1 Å². The number of aromatic hydroxyl groups is 1. The Morgan fingerprint density at radius 3 is 3.00 bits per heavy atom. The highest BCUT2D eigenvalue weighted by atomic mass is 19.1. The Kier molecular flexibility index (Phi) is 4.01. The lowest BCUT2D eigenvalue weighted by atomic mass is 10.1. The van der Waals surface area contributed by atoms with E-state index < -0.39 is 17.8 Å². The Bertz CT molecular complexity index is 480. The molecule has 2 rings (SSSR count). The number of morpholine rings is 1. The minimum atomic E-state index is -0.583. The summed E-state index contributed by atoms with van der Waals surface area (Å²) in [5, 5.41) is 18.7. The minimum absolute atomic E-state index is 0.0783. The molecular formula is C13H16FNO4. The maximum atomic E-state index is 13.2. The fourth-order valence-corrected chi connectivity index (χ4v) is 2.05. The van der Waals surface area contributed by atoms with E-state index in [-0.39, 0.29) is 30.5 Å². The summed E-state index contributed by atoms with van der Waals surface area (Å²) < 4.78 is 18.5. The summed E-state index contributed by atoms with van der Waals surface area (Å²) in [6.07, 6.45) is -0.448. The molecule has 1 aliphatic rings. The Balaban J connectivity index is 2.24. The molecule has 0 saturated carbocycles. The molecule has 1 aliphatic heterocycles. The fourth-order valence-electron chi connectivity index (χ4n) is 2.05. The molecule has 5 nitrogen and oxygen atoms in total. The average Bonchev–Trinajstić information content (AvgIpc) is 2.41. The third kappa shape index (κ3) is 2.85. The van der Waals surface area contributed by atoms with E-state index in [0.717, 1.165) is 18.2 Å². The SMILES string of the molecule is CC1COC(CO)CN1C(=O)c1cc(F)ccc1O. The second-order valence-corrected chi connectivity index (χ2v) is 4.61. The van der Waals surface area contributed by atoms with Crippen LogP contribution in [-0.2, 0) is 4.74 Å². The van der Waals surface area contributed by atoms with Crippen molar-refractivity contribution in [3.8, 4) is 5.75 Å². The highest BCUT2D eigenvalue weighted by molar-refractivity contribution is 5.97. The van der Waals surface area contributed by atoms with Gasteiger partial charge in [0.1, 0.15) is 11.6 Å². The fraction of sp³-hybridized carbons (Fsp3) is 0.462. The number of halogens is 1. The molecule has 0 radical (unpaired) electrons. The van der Waals surface area contributed by atoms with Gasteiger partial charge in [0.05, 0.1) is 30.9 Å². The molecule has 0 aliphatic carbocycles. The van der Waals surface area contributed by atoms with E-state index in [9.17, 15) is 14.3 Å². The first-order chi connectivity index (χ1) is 9.02. The number of amides is 1. The van der Waals surface area contributed by atoms with Gasteiger partial charge >= 0.3 is 0 Å². The lowest BCUT2D eigenvalue weighted by Gasteiger charge is -2.37. The van der Waals surface area contributed by atoms with Crippen LogP contribution in [-0.4, -0.2) is 52.9 Å². The van der Waals surface area contributed by atoms with Gasteiger partial charge < -0.3 is 19.8 Å². The number of ether oxygens (including phenoxy) is 1. The van der Waals surface area contributed by atoms with E-state index in [4.69, 9.17) is 9.84 Å². The summed E-state index contributed by atoms with van der Waals surface area (Å²) >= 11 is 0. The van der Waals surface area contributed by atoms with Crippen molar-refractivity contribution in [3.05, 3.63) is 29.6 Å². The zero-order chi connectivity index (χ0) is 14.0. The molecular weight excluding hydrogens is 253 g/mol. The lowest BCUT2D eigenvalue weighted by Crippen LogP contribution is -2.52. The van der Waals surface area contributed by atoms with Gasteiger partial charge in [0, 0.05) is 6.54 Å². The molecule has 0 spiro atoms. The van der Waals surface area contributed by atoms with Gasteiger partial charge in [0.15, 0.2) is 0 Å². The number of carbonyl (C=O) groups excluding carboxylic acids is 1. The summed E-state index contributed by atoms with van der Waals surface area (Å²) in [4.78, 5) is 13.8. The van der Waals surface area contributed by atoms with Crippen LogP contribution in [0.4, 0.5) is 4.39 Å². The number of carbonyl (C=O) groups is 1. The topological polar surface area (TPSA) is 70.0 Å². The largest absolute Gasteiger partial charge is 0.507 e. The summed E-state index contributed by atoms with van der Waals surface area (Å²) in [6, 6.07) is 3.05. The zero-order valence-corrected chi connectivity index (χ0v) is 10.5. The van der Waals surface area contributed by atoms with Crippen molar-refractivity contribution in [2.24, 2.45) is 0 Å². The van der Waals surface area contributed by atoms with Crippen molar-refractivity contribution in [3.63, 3.8) is 0 Å². The third-order valence-electron chi connectivity index (χ3n) is 3.16. The number of benzene rings is 1. The number of hydrogen-bond acceptors (Lipinski definition) is 4. The number of rotatable bonds is 2. The summed E-state index contributed by atoms with van der Waals surface area (Å²) in [5.41, 5.74) is -0.0783. The number of aliphatic hydroxyl groups excluding tert-OH is 1. The van der Waals surface area contributed by atoms with Crippen LogP contribution in [0.15, 0.2) is 18.2 Å². The first-order valence-corrected chi connectivity index (χ1v) is 6.05. The number of aliphatic hydroxyl groups is 1. The molecule has 1 amide bonds. The molecule has 1 heterocycles. The molecule has 1 saturated heterocycles. The first kappa shape index (κ1) is 13.8. The summed E-state index contributed by atoms with van der Waals surface area (Å²) in [6.45, 7) is 2.12. The minimum Gasteiger partial charge on any atom is -0.507 e. The third-order valence-corrected chi connectivity index (χ3v) is 3.16.